The van der Waals surface area contributed by atoms with E-state index < -0.39 is 0 Å². The van der Waals surface area contributed by atoms with Crippen molar-refractivity contribution in [2.75, 3.05) is 18.8 Å². The average molecular weight is 299 g/mol. The Morgan fingerprint density at radius 1 is 1.43 bits per heavy atom. The van der Waals surface area contributed by atoms with Gasteiger partial charge in [0, 0.05) is 18.7 Å². The lowest BCUT2D eigenvalue weighted by atomic mass is 9.97. The molecule has 0 radical (unpaired) electrons. The molecule has 21 heavy (non-hydrogen) atoms. The van der Waals surface area contributed by atoms with E-state index in [0.717, 1.165) is 30.1 Å². The molecule has 3 N–H and O–H groups in total. The van der Waals surface area contributed by atoms with Crippen molar-refractivity contribution in [1.82, 2.24) is 19.7 Å². The Bertz CT molecular complexity index is 756. The summed E-state index contributed by atoms with van der Waals surface area (Å²) in [5, 5.41) is 5.51. The van der Waals surface area contributed by atoms with Gasteiger partial charge in [-0.25, -0.2) is 9.97 Å². The SMILES string of the molecule is Nc1ncc(-c2cccs2)n2cc([C@H]3CCCNC3)nc12. The highest BCUT2D eigenvalue weighted by Crippen LogP contribution is 2.29. The summed E-state index contributed by atoms with van der Waals surface area (Å²) < 4.78 is 2.08. The van der Waals surface area contributed by atoms with E-state index in [-0.39, 0.29) is 0 Å². The lowest BCUT2D eigenvalue weighted by Gasteiger charge is -2.20. The predicted octanol–water partition coefficient (Wildman–Crippen LogP) is 2.51. The van der Waals surface area contributed by atoms with E-state index in [9.17, 15) is 0 Å². The number of nitrogens with two attached hydrogens (primary N) is 1. The summed E-state index contributed by atoms with van der Waals surface area (Å²) in [6, 6.07) is 4.14. The number of hydrogen-bond acceptors (Lipinski definition) is 5. The quantitative estimate of drug-likeness (QED) is 0.763. The van der Waals surface area contributed by atoms with Crippen LogP contribution in [0.25, 0.3) is 16.2 Å². The van der Waals surface area contributed by atoms with Gasteiger partial charge in [0.15, 0.2) is 11.5 Å². The summed E-state index contributed by atoms with van der Waals surface area (Å²) in [7, 11) is 0. The highest BCUT2D eigenvalue weighted by molar-refractivity contribution is 7.13. The largest absolute Gasteiger partial charge is 0.381 e. The van der Waals surface area contributed by atoms with Crippen LogP contribution < -0.4 is 11.1 Å². The van der Waals surface area contributed by atoms with Gasteiger partial charge in [0.2, 0.25) is 0 Å². The molecule has 0 aromatic carbocycles. The Morgan fingerprint density at radius 3 is 3.14 bits per heavy atom. The molecule has 4 rings (SSSR count). The van der Waals surface area contributed by atoms with Crippen LogP contribution in [-0.2, 0) is 0 Å². The van der Waals surface area contributed by atoms with E-state index in [0.29, 0.717) is 11.7 Å². The highest BCUT2D eigenvalue weighted by Gasteiger charge is 2.20. The lowest BCUT2D eigenvalue weighted by molar-refractivity contribution is 0.456. The molecule has 1 atom stereocenters. The van der Waals surface area contributed by atoms with Gasteiger partial charge in [-0.1, -0.05) is 6.07 Å². The van der Waals surface area contributed by atoms with Crippen LogP contribution in [0.5, 0.6) is 0 Å². The molecule has 1 saturated heterocycles. The minimum absolute atomic E-state index is 0.467. The first-order valence-electron chi connectivity index (χ1n) is 7.21. The predicted molar refractivity (Wildman–Crippen MR) is 85.6 cm³/mol. The first-order chi connectivity index (χ1) is 10.3. The van der Waals surface area contributed by atoms with Gasteiger partial charge in [-0.3, -0.25) is 4.40 Å². The second-order valence-electron chi connectivity index (χ2n) is 5.41. The van der Waals surface area contributed by atoms with Crippen molar-refractivity contribution in [1.29, 1.82) is 0 Å². The van der Waals surface area contributed by atoms with Crippen LogP contribution in [0.4, 0.5) is 5.82 Å². The number of fused-ring (bicyclic) bond motifs is 1. The van der Waals surface area contributed by atoms with E-state index >= 15 is 0 Å². The first-order valence-corrected chi connectivity index (χ1v) is 8.09. The van der Waals surface area contributed by atoms with Crippen molar-refractivity contribution < 1.29 is 0 Å². The zero-order valence-electron chi connectivity index (χ0n) is 11.6. The molecule has 1 fully saturated rings. The minimum atomic E-state index is 0.467. The van der Waals surface area contributed by atoms with Gasteiger partial charge in [0.05, 0.1) is 22.5 Å². The second-order valence-corrected chi connectivity index (χ2v) is 6.36. The Hall–Kier alpha value is -1.92. The molecule has 1 aliphatic heterocycles. The summed E-state index contributed by atoms with van der Waals surface area (Å²) in [6.07, 6.45) is 6.33. The second kappa shape index (κ2) is 5.13. The smallest absolute Gasteiger partial charge is 0.180 e. The maximum Gasteiger partial charge on any atom is 0.180 e. The molecule has 0 spiro atoms. The van der Waals surface area contributed by atoms with Crippen molar-refractivity contribution in [3.63, 3.8) is 0 Å². The fourth-order valence-electron chi connectivity index (χ4n) is 2.92. The Kier molecular flexibility index (Phi) is 3.12. The number of nitrogens with one attached hydrogen (secondary N) is 1. The average Bonchev–Trinajstić information content (AvgIpc) is 3.18. The van der Waals surface area contributed by atoms with E-state index in [1.807, 2.05) is 12.3 Å². The van der Waals surface area contributed by atoms with Crippen LogP contribution >= 0.6 is 11.3 Å². The normalized spacial score (nSPS) is 19.1. The Labute approximate surface area is 126 Å². The molecule has 108 valence electrons. The maximum atomic E-state index is 6.01. The highest BCUT2D eigenvalue weighted by atomic mass is 32.1. The molecular formula is C15H17N5S. The number of nitrogen functional groups attached to an aromatic ring is 1. The number of rotatable bonds is 2. The third-order valence-electron chi connectivity index (χ3n) is 4.03. The molecule has 1 aliphatic rings. The fraction of sp³-hybridized carbons (Fsp3) is 0.333. The molecule has 4 heterocycles. The van der Waals surface area contributed by atoms with Crippen LogP contribution in [0.2, 0.25) is 0 Å². The van der Waals surface area contributed by atoms with Gasteiger partial charge in [-0.2, -0.15) is 0 Å². The molecule has 3 aromatic heterocycles. The third kappa shape index (κ3) is 2.20. The van der Waals surface area contributed by atoms with Gasteiger partial charge in [-0.15, -0.1) is 11.3 Å². The minimum Gasteiger partial charge on any atom is -0.381 e. The van der Waals surface area contributed by atoms with Gasteiger partial charge in [0.1, 0.15) is 0 Å². The Morgan fingerprint density at radius 2 is 2.38 bits per heavy atom. The molecule has 0 unspecified atom stereocenters. The monoisotopic (exact) mass is 299 g/mol. The number of hydrogen-bond donors (Lipinski definition) is 2. The summed E-state index contributed by atoms with van der Waals surface area (Å²) in [4.78, 5) is 10.2. The molecular weight excluding hydrogens is 282 g/mol. The van der Waals surface area contributed by atoms with Crippen LogP contribution in [0.15, 0.2) is 29.9 Å². The van der Waals surface area contributed by atoms with E-state index in [1.165, 1.54) is 17.7 Å². The number of thiophene rings is 1. The van der Waals surface area contributed by atoms with E-state index in [1.54, 1.807) is 11.3 Å². The van der Waals surface area contributed by atoms with Crippen molar-refractivity contribution >= 4 is 22.8 Å². The third-order valence-corrected chi connectivity index (χ3v) is 4.92. The number of piperidine rings is 1. The van der Waals surface area contributed by atoms with Crippen molar-refractivity contribution in [2.45, 2.75) is 18.8 Å². The van der Waals surface area contributed by atoms with Gasteiger partial charge in [-0.05, 0) is 30.8 Å². The van der Waals surface area contributed by atoms with Crippen molar-refractivity contribution in [3.05, 3.63) is 35.6 Å². The molecule has 0 bridgehead atoms. The summed E-state index contributed by atoms with van der Waals surface area (Å²) >= 11 is 1.70. The summed E-state index contributed by atoms with van der Waals surface area (Å²) in [6.45, 7) is 2.10. The lowest BCUT2D eigenvalue weighted by Crippen LogP contribution is -2.28. The number of aromatic nitrogens is 3. The first kappa shape index (κ1) is 12.8. The van der Waals surface area contributed by atoms with Crippen molar-refractivity contribution in [3.8, 4) is 10.6 Å². The number of imidazole rings is 1. The van der Waals surface area contributed by atoms with Gasteiger partial charge < -0.3 is 11.1 Å². The van der Waals surface area contributed by atoms with Crippen LogP contribution in [0.3, 0.4) is 0 Å². The topological polar surface area (TPSA) is 68.2 Å². The van der Waals surface area contributed by atoms with Crippen molar-refractivity contribution in [2.24, 2.45) is 0 Å². The van der Waals surface area contributed by atoms with E-state index in [2.05, 4.69) is 32.3 Å². The maximum absolute atomic E-state index is 6.01. The molecule has 0 aliphatic carbocycles. The van der Waals surface area contributed by atoms with Gasteiger partial charge >= 0.3 is 0 Å². The summed E-state index contributed by atoms with van der Waals surface area (Å²) in [5.74, 6) is 0.958. The number of nitrogens with zero attached hydrogens (tertiary/aromatic N) is 3. The van der Waals surface area contributed by atoms with Crippen LogP contribution in [0.1, 0.15) is 24.5 Å². The molecule has 5 nitrogen and oxygen atoms in total. The molecule has 3 aromatic rings. The number of anilines is 1. The van der Waals surface area contributed by atoms with Crippen LogP contribution in [-0.4, -0.2) is 27.5 Å². The zero-order valence-corrected chi connectivity index (χ0v) is 12.4. The van der Waals surface area contributed by atoms with Crippen LogP contribution in [0, 0.1) is 0 Å². The molecule has 0 amide bonds. The molecule has 6 heteroatoms. The van der Waals surface area contributed by atoms with E-state index in [4.69, 9.17) is 10.7 Å². The Balaban J connectivity index is 1.85. The van der Waals surface area contributed by atoms with Gasteiger partial charge in [0.25, 0.3) is 0 Å². The zero-order chi connectivity index (χ0) is 14.2. The molecule has 0 saturated carbocycles. The standard InChI is InChI=1S/C15H17N5S/c16-14-15-19-11(10-3-1-5-17-7-10)9-20(15)12(8-18-14)13-4-2-6-21-13/h2,4,6,8-10,17H,1,3,5,7H2,(H2,16,18)/t10-/m0/s1. The fourth-order valence-corrected chi connectivity index (χ4v) is 3.65. The summed E-state index contributed by atoms with van der Waals surface area (Å²) in [5.41, 5.74) is 8.94.